The lowest BCUT2D eigenvalue weighted by Crippen LogP contribution is -2.33. The number of benzene rings is 1. The summed E-state index contributed by atoms with van der Waals surface area (Å²) in [7, 11) is 0. The van der Waals surface area contributed by atoms with Gasteiger partial charge in [-0.15, -0.1) is 0 Å². The lowest BCUT2D eigenvalue weighted by atomic mass is 9.94. The van der Waals surface area contributed by atoms with Gasteiger partial charge in [0.15, 0.2) is 0 Å². The molecule has 0 amide bonds. The highest BCUT2D eigenvalue weighted by molar-refractivity contribution is 5.50. The molecule has 1 aromatic carbocycles. The first-order valence-corrected chi connectivity index (χ1v) is 6.05. The Labute approximate surface area is 97.3 Å². The zero-order valence-electron chi connectivity index (χ0n) is 9.86. The zero-order valence-corrected chi connectivity index (χ0v) is 9.86. The molecular formula is C14H19NO. The average Bonchev–Trinajstić information content (AvgIpc) is 2.32. The molecule has 0 aromatic heterocycles. The van der Waals surface area contributed by atoms with Crippen LogP contribution in [0.1, 0.15) is 24.8 Å². The van der Waals surface area contributed by atoms with E-state index in [-0.39, 0.29) is 0 Å². The summed E-state index contributed by atoms with van der Waals surface area (Å²) in [5.41, 5.74) is 2.62. The molecule has 1 aromatic rings. The molecule has 0 unspecified atom stereocenters. The molecule has 86 valence electrons. The molecule has 1 saturated heterocycles. The van der Waals surface area contributed by atoms with Crippen molar-refractivity contribution in [3.8, 4) is 0 Å². The molecule has 0 bridgehead atoms. The molecule has 2 rings (SSSR count). The fourth-order valence-electron chi connectivity index (χ4n) is 2.32. The van der Waals surface area contributed by atoms with Crippen molar-refractivity contribution in [2.45, 2.75) is 26.2 Å². The summed E-state index contributed by atoms with van der Waals surface area (Å²) in [6.07, 6.45) is 4.09. The third-order valence-corrected chi connectivity index (χ3v) is 3.44. The second-order valence-corrected chi connectivity index (χ2v) is 4.67. The third kappa shape index (κ3) is 2.63. The van der Waals surface area contributed by atoms with Crippen LogP contribution >= 0.6 is 0 Å². The van der Waals surface area contributed by atoms with E-state index in [1.165, 1.54) is 11.3 Å². The third-order valence-electron chi connectivity index (χ3n) is 3.44. The van der Waals surface area contributed by atoms with Gasteiger partial charge in [0.05, 0.1) is 0 Å². The van der Waals surface area contributed by atoms with Crippen LogP contribution < -0.4 is 4.90 Å². The van der Waals surface area contributed by atoms with E-state index < -0.39 is 0 Å². The molecule has 1 fully saturated rings. The number of aldehydes is 1. The molecule has 0 saturated carbocycles. The second kappa shape index (κ2) is 5.15. The minimum Gasteiger partial charge on any atom is -0.372 e. The summed E-state index contributed by atoms with van der Waals surface area (Å²) in [4.78, 5) is 12.9. The minimum atomic E-state index is 0.610. The number of rotatable bonds is 3. The standard InChI is InChI=1S/C14H19NO/c1-12-2-4-14(5-3-12)15-9-6-13(7-10-15)8-11-16/h2-5,11,13H,6-10H2,1H3. The predicted molar refractivity (Wildman–Crippen MR) is 66.8 cm³/mol. The summed E-state index contributed by atoms with van der Waals surface area (Å²) in [5, 5.41) is 0. The number of hydrogen-bond donors (Lipinski definition) is 0. The Kier molecular flexibility index (Phi) is 3.60. The molecule has 0 spiro atoms. The highest BCUT2D eigenvalue weighted by atomic mass is 16.1. The fraction of sp³-hybridized carbons (Fsp3) is 0.500. The van der Waals surface area contributed by atoms with Gasteiger partial charge in [0.2, 0.25) is 0 Å². The van der Waals surface area contributed by atoms with Gasteiger partial charge in [-0.2, -0.15) is 0 Å². The Bertz CT molecular complexity index is 336. The highest BCUT2D eigenvalue weighted by Crippen LogP contribution is 2.24. The maximum Gasteiger partial charge on any atom is 0.120 e. The van der Waals surface area contributed by atoms with E-state index >= 15 is 0 Å². The van der Waals surface area contributed by atoms with E-state index in [0.717, 1.165) is 38.6 Å². The zero-order chi connectivity index (χ0) is 11.4. The lowest BCUT2D eigenvalue weighted by molar-refractivity contribution is -0.108. The van der Waals surface area contributed by atoms with Gasteiger partial charge in [-0.05, 0) is 37.8 Å². The van der Waals surface area contributed by atoms with Gasteiger partial charge in [0, 0.05) is 25.2 Å². The Morgan fingerprint density at radius 3 is 2.44 bits per heavy atom. The summed E-state index contributed by atoms with van der Waals surface area (Å²) in [6, 6.07) is 8.70. The number of carbonyl (C=O) groups is 1. The maximum absolute atomic E-state index is 10.4. The quantitative estimate of drug-likeness (QED) is 0.726. The SMILES string of the molecule is Cc1ccc(N2CCC(CC=O)CC2)cc1. The van der Waals surface area contributed by atoms with Crippen molar-refractivity contribution in [3.05, 3.63) is 29.8 Å². The molecule has 1 aliphatic heterocycles. The van der Waals surface area contributed by atoms with Crippen LogP contribution in [0, 0.1) is 12.8 Å². The summed E-state index contributed by atoms with van der Waals surface area (Å²) in [5.74, 6) is 0.610. The van der Waals surface area contributed by atoms with Crippen LogP contribution in [0.3, 0.4) is 0 Å². The normalized spacial score (nSPS) is 17.4. The molecule has 1 aliphatic rings. The van der Waals surface area contributed by atoms with E-state index in [1.54, 1.807) is 0 Å². The van der Waals surface area contributed by atoms with E-state index in [4.69, 9.17) is 0 Å². The summed E-state index contributed by atoms with van der Waals surface area (Å²) in [6.45, 7) is 4.28. The minimum absolute atomic E-state index is 0.610. The van der Waals surface area contributed by atoms with Crippen molar-refractivity contribution in [3.63, 3.8) is 0 Å². The number of nitrogens with zero attached hydrogens (tertiary/aromatic N) is 1. The molecule has 0 atom stereocenters. The van der Waals surface area contributed by atoms with Crippen LogP contribution in [0.25, 0.3) is 0 Å². The predicted octanol–water partition coefficient (Wildman–Crippen LogP) is 2.80. The van der Waals surface area contributed by atoms with Crippen LogP contribution in [-0.2, 0) is 4.79 Å². The Balaban J connectivity index is 1.93. The number of hydrogen-bond acceptors (Lipinski definition) is 2. The first-order valence-electron chi connectivity index (χ1n) is 6.05. The smallest absolute Gasteiger partial charge is 0.120 e. The van der Waals surface area contributed by atoms with Crippen molar-refractivity contribution >= 4 is 12.0 Å². The van der Waals surface area contributed by atoms with E-state index in [1.807, 2.05) is 0 Å². The lowest BCUT2D eigenvalue weighted by Gasteiger charge is -2.33. The highest BCUT2D eigenvalue weighted by Gasteiger charge is 2.18. The van der Waals surface area contributed by atoms with Gasteiger partial charge in [-0.25, -0.2) is 0 Å². The molecule has 2 heteroatoms. The number of anilines is 1. The van der Waals surface area contributed by atoms with Crippen LogP contribution in [0.4, 0.5) is 5.69 Å². The molecule has 2 nitrogen and oxygen atoms in total. The van der Waals surface area contributed by atoms with Crippen molar-refractivity contribution in [2.75, 3.05) is 18.0 Å². The van der Waals surface area contributed by atoms with Gasteiger partial charge in [-0.1, -0.05) is 17.7 Å². The second-order valence-electron chi connectivity index (χ2n) is 4.67. The average molecular weight is 217 g/mol. The molecular weight excluding hydrogens is 198 g/mol. The van der Waals surface area contributed by atoms with Gasteiger partial charge in [-0.3, -0.25) is 0 Å². The first kappa shape index (κ1) is 11.2. The van der Waals surface area contributed by atoms with Crippen molar-refractivity contribution in [1.82, 2.24) is 0 Å². The molecule has 0 radical (unpaired) electrons. The van der Waals surface area contributed by atoms with Crippen molar-refractivity contribution < 1.29 is 4.79 Å². The molecule has 1 heterocycles. The molecule has 0 N–H and O–H groups in total. The topological polar surface area (TPSA) is 20.3 Å². The fourth-order valence-corrected chi connectivity index (χ4v) is 2.32. The monoisotopic (exact) mass is 217 g/mol. The van der Waals surface area contributed by atoms with E-state index in [9.17, 15) is 4.79 Å². The summed E-state index contributed by atoms with van der Waals surface area (Å²) >= 11 is 0. The number of carbonyl (C=O) groups excluding carboxylic acids is 1. The Morgan fingerprint density at radius 2 is 1.88 bits per heavy atom. The van der Waals surface area contributed by atoms with Crippen molar-refractivity contribution in [2.24, 2.45) is 5.92 Å². The van der Waals surface area contributed by atoms with E-state index in [0.29, 0.717) is 5.92 Å². The number of piperidine rings is 1. The molecule has 0 aliphatic carbocycles. The van der Waals surface area contributed by atoms with Gasteiger partial charge in [0.1, 0.15) is 6.29 Å². The first-order chi connectivity index (χ1) is 7.79. The largest absolute Gasteiger partial charge is 0.372 e. The van der Waals surface area contributed by atoms with Crippen LogP contribution in [0.5, 0.6) is 0 Å². The Morgan fingerprint density at radius 1 is 1.25 bits per heavy atom. The van der Waals surface area contributed by atoms with Crippen LogP contribution in [-0.4, -0.2) is 19.4 Å². The maximum atomic E-state index is 10.4. The summed E-state index contributed by atoms with van der Waals surface area (Å²) < 4.78 is 0. The van der Waals surface area contributed by atoms with E-state index in [2.05, 4.69) is 36.1 Å². The van der Waals surface area contributed by atoms with Gasteiger partial charge < -0.3 is 9.69 Å². The van der Waals surface area contributed by atoms with Crippen molar-refractivity contribution in [1.29, 1.82) is 0 Å². The van der Waals surface area contributed by atoms with Crippen LogP contribution in [0.2, 0.25) is 0 Å². The Hall–Kier alpha value is -1.31. The van der Waals surface area contributed by atoms with Gasteiger partial charge >= 0.3 is 0 Å². The molecule has 16 heavy (non-hydrogen) atoms. The number of aryl methyl sites for hydroxylation is 1. The van der Waals surface area contributed by atoms with Crippen LogP contribution in [0.15, 0.2) is 24.3 Å². The van der Waals surface area contributed by atoms with Gasteiger partial charge in [0.25, 0.3) is 0 Å².